The van der Waals surface area contributed by atoms with E-state index in [1.807, 2.05) is 12.1 Å². The van der Waals surface area contributed by atoms with E-state index in [1.54, 1.807) is 30.3 Å². The number of hydrogen-bond acceptors (Lipinski definition) is 6. The molecule has 0 atom stereocenters. The molecule has 1 saturated heterocycles. The Balaban J connectivity index is 1.40. The number of benzene rings is 2. The van der Waals surface area contributed by atoms with Crippen LogP contribution in [0.4, 0.5) is 13.9 Å². The number of carbonyl (C=O) groups excluding carboxylic acids is 1. The van der Waals surface area contributed by atoms with Crippen molar-refractivity contribution in [2.24, 2.45) is 0 Å². The minimum Gasteiger partial charge on any atom is -0.379 e. The first-order valence-corrected chi connectivity index (χ1v) is 10.8. The van der Waals surface area contributed by atoms with Gasteiger partial charge in [0.25, 0.3) is 11.7 Å². The van der Waals surface area contributed by atoms with Crippen molar-refractivity contribution in [3.8, 4) is 0 Å². The summed E-state index contributed by atoms with van der Waals surface area (Å²) < 4.78 is 31.2. The Bertz CT molecular complexity index is 989. The summed E-state index contributed by atoms with van der Waals surface area (Å²) in [6.45, 7) is 4.17. The van der Waals surface area contributed by atoms with Gasteiger partial charge in [-0.1, -0.05) is 35.2 Å². The number of carbonyl (C=O) groups is 1. The number of halogens is 2. The molecule has 1 amide bonds. The summed E-state index contributed by atoms with van der Waals surface area (Å²) >= 11 is 1.76. The zero-order chi connectivity index (χ0) is 20.2. The summed E-state index contributed by atoms with van der Waals surface area (Å²) in [7, 11) is 0. The summed E-state index contributed by atoms with van der Waals surface area (Å²) in [4.78, 5) is 19.7. The number of fused-ring (bicyclic) bond motifs is 1. The maximum Gasteiger partial charge on any atom is 0.288 e. The Kier molecular flexibility index (Phi) is 6.39. The molecule has 0 aliphatic carbocycles. The zero-order valence-corrected chi connectivity index (χ0v) is 17.1. The molecule has 0 spiro atoms. The molecule has 1 N–H and O–H groups in total. The molecule has 1 aliphatic rings. The van der Waals surface area contributed by atoms with Crippen molar-refractivity contribution in [2.75, 3.05) is 31.6 Å². The predicted octanol–water partition coefficient (Wildman–Crippen LogP) is 4.70. The molecule has 0 bridgehead atoms. The number of amides is 1. The van der Waals surface area contributed by atoms with Gasteiger partial charge in [-0.3, -0.25) is 15.0 Å². The lowest BCUT2D eigenvalue weighted by molar-refractivity contribution is 0.0342. The van der Waals surface area contributed by atoms with Gasteiger partial charge in [-0.15, -0.1) is 0 Å². The third-order valence-electron chi connectivity index (χ3n) is 4.53. The van der Waals surface area contributed by atoms with Gasteiger partial charge >= 0.3 is 0 Å². The van der Waals surface area contributed by atoms with E-state index < -0.39 is 5.76 Å². The Morgan fingerprint density at radius 2 is 1.97 bits per heavy atom. The number of nitrogens with zero attached hydrogens (tertiary/aromatic N) is 2. The van der Waals surface area contributed by atoms with Crippen LogP contribution in [0.2, 0.25) is 0 Å². The van der Waals surface area contributed by atoms with Crippen LogP contribution >= 0.6 is 23.1 Å². The summed E-state index contributed by atoms with van der Waals surface area (Å²) in [5.41, 5.74) is 2.36. The van der Waals surface area contributed by atoms with Crippen molar-refractivity contribution in [1.29, 1.82) is 0 Å². The maximum absolute atomic E-state index is 12.5. The second-order valence-corrected chi connectivity index (χ2v) is 8.66. The second kappa shape index (κ2) is 9.17. The Labute approximate surface area is 175 Å². The van der Waals surface area contributed by atoms with Crippen LogP contribution in [0.3, 0.4) is 0 Å². The number of nitrogens with one attached hydrogen (secondary N) is 1. The largest absolute Gasteiger partial charge is 0.379 e. The van der Waals surface area contributed by atoms with E-state index >= 15 is 0 Å². The van der Waals surface area contributed by atoms with Gasteiger partial charge in [0.05, 0.1) is 23.4 Å². The Morgan fingerprint density at radius 3 is 2.69 bits per heavy atom. The molecule has 1 aliphatic heterocycles. The summed E-state index contributed by atoms with van der Waals surface area (Å²) in [6, 6.07) is 12.5. The summed E-state index contributed by atoms with van der Waals surface area (Å²) in [6.07, 6.45) is 0. The highest BCUT2D eigenvalue weighted by molar-refractivity contribution is 7.99. The topological polar surface area (TPSA) is 54.5 Å². The lowest BCUT2D eigenvalue weighted by Gasteiger charge is -2.26. The third-order valence-corrected chi connectivity index (χ3v) is 6.17. The lowest BCUT2D eigenvalue weighted by atomic mass is 10.1. The third kappa shape index (κ3) is 5.30. The van der Waals surface area contributed by atoms with Crippen LogP contribution in [0.15, 0.2) is 47.4 Å². The smallest absolute Gasteiger partial charge is 0.288 e. The van der Waals surface area contributed by atoms with Crippen molar-refractivity contribution in [2.45, 2.75) is 17.2 Å². The van der Waals surface area contributed by atoms with Crippen LogP contribution in [0.1, 0.15) is 15.9 Å². The van der Waals surface area contributed by atoms with E-state index in [0.29, 0.717) is 32.9 Å². The van der Waals surface area contributed by atoms with Crippen molar-refractivity contribution in [3.05, 3.63) is 53.6 Å². The van der Waals surface area contributed by atoms with Crippen molar-refractivity contribution >= 4 is 44.4 Å². The van der Waals surface area contributed by atoms with Gasteiger partial charge in [0.15, 0.2) is 5.13 Å². The molecule has 152 valence electrons. The molecule has 0 radical (unpaired) electrons. The van der Waals surface area contributed by atoms with E-state index in [2.05, 4.69) is 15.2 Å². The highest BCUT2D eigenvalue weighted by atomic mass is 32.2. The second-order valence-electron chi connectivity index (χ2n) is 6.57. The molecule has 9 heteroatoms. The SMILES string of the molecule is O=C(Nc1nc2ccc(SC(F)F)cc2s1)c1ccc(CN2CCOCC2)cc1. The summed E-state index contributed by atoms with van der Waals surface area (Å²) in [5.74, 6) is -2.71. The van der Waals surface area contributed by atoms with Crippen LogP contribution in [0.5, 0.6) is 0 Å². The van der Waals surface area contributed by atoms with Crippen LogP contribution in [0, 0.1) is 0 Å². The Morgan fingerprint density at radius 1 is 1.21 bits per heavy atom. The van der Waals surface area contributed by atoms with Gasteiger partial charge in [0, 0.05) is 30.1 Å². The average molecular weight is 436 g/mol. The normalized spacial score (nSPS) is 15.1. The van der Waals surface area contributed by atoms with E-state index in [1.165, 1.54) is 11.3 Å². The molecule has 5 nitrogen and oxygen atoms in total. The molecule has 29 heavy (non-hydrogen) atoms. The molecule has 0 unspecified atom stereocenters. The quantitative estimate of drug-likeness (QED) is 0.569. The first-order valence-electron chi connectivity index (χ1n) is 9.12. The number of rotatable bonds is 6. The zero-order valence-electron chi connectivity index (χ0n) is 15.4. The van der Waals surface area contributed by atoms with Gasteiger partial charge in [0.1, 0.15) is 0 Å². The van der Waals surface area contributed by atoms with E-state index in [-0.39, 0.29) is 5.91 Å². The number of anilines is 1. The number of thiazole rings is 1. The first kappa shape index (κ1) is 20.2. The molecule has 3 aromatic rings. The van der Waals surface area contributed by atoms with E-state index in [9.17, 15) is 13.6 Å². The minimum absolute atomic E-state index is 0.246. The molecular formula is C20H19F2N3O2S2. The van der Waals surface area contributed by atoms with Crippen LogP contribution in [0.25, 0.3) is 10.2 Å². The molecular weight excluding hydrogens is 416 g/mol. The van der Waals surface area contributed by atoms with Crippen molar-refractivity contribution in [1.82, 2.24) is 9.88 Å². The Hall–Kier alpha value is -2.07. The number of morpholine rings is 1. The molecule has 2 heterocycles. The van der Waals surface area contributed by atoms with Crippen molar-refractivity contribution in [3.63, 3.8) is 0 Å². The molecule has 4 rings (SSSR count). The molecule has 2 aromatic carbocycles. The van der Waals surface area contributed by atoms with Crippen LogP contribution in [-0.4, -0.2) is 47.9 Å². The summed E-state index contributed by atoms with van der Waals surface area (Å²) in [5, 5.41) is 3.24. The molecule has 0 saturated carbocycles. The van der Waals surface area contributed by atoms with Gasteiger partial charge in [0.2, 0.25) is 0 Å². The number of thioether (sulfide) groups is 1. The number of hydrogen-bond donors (Lipinski definition) is 1. The fourth-order valence-electron chi connectivity index (χ4n) is 3.08. The molecule has 1 fully saturated rings. The number of aromatic nitrogens is 1. The van der Waals surface area contributed by atoms with Gasteiger partial charge in [-0.05, 0) is 35.9 Å². The van der Waals surface area contributed by atoms with Crippen molar-refractivity contribution < 1.29 is 18.3 Å². The van der Waals surface area contributed by atoms with E-state index in [0.717, 1.165) is 43.1 Å². The fraction of sp³-hybridized carbons (Fsp3) is 0.300. The number of ether oxygens (including phenoxy) is 1. The highest BCUT2D eigenvalue weighted by Crippen LogP contribution is 2.32. The van der Waals surface area contributed by atoms with Gasteiger partial charge in [-0.2, -0.15) is 8.78 Å². The van der Waals surface area contributed by atoms with Gasteiger partial charge in [-0.25, -0.2) is 4.98 Å². The van der Waals surface area contributed by atoms with Gasteiger partial charge < -0.3 is 4.74 Å². The first-order chi connectivity index (χ1) is 14.1. The number of alkyl halides is 2. The monoisotopic (exact) mass is 435 g/mol. The highest BCUT2D eigenvalue weighted by Gasteiger charge is 2.13. The van der Waals surface area contributed by atoms with Crippen LogP contribution < -0.4 is 5.32 Å². The van der Waals surface area contributed by atoms with Crippen LogP contribution in [-0.2, 0) is 11.3 Å². The molecule has 1 aromatic heterocycles. The lowest BCUT2D eigenvalue weighted by Crippen LogP contribution is -2.35. The minimum atomic E-state index is -2.47. The van der Waals surface area contributed by atoms with E-state index in [4.69, 9.17) is 4.74 Å². The maximum atomic E-state index is 12.5. The average Bonchev–Trinajstić information content (AvgIpc) is 3.10. The predicted molar refractivity (Wildman–Crippen MR) is 112 cm³/mol. The standard InChI is InChI=1S/C20H19F2N3O2S2/c21-19(22)28-15-5-6-16-17(11-15)29-20(23-16)24-18(26)14-3-1-13(2-4-14)12-25-7-9-27-10-8-25/h1-6,11,19H,7-10,12H2,(H,23,24,26). The fourth-order valence-corrected chi connectivity index (χ4v) is 4.60.